The van der Waals surface area contributed by atoms with Gasteiger partial charge in [0.1, 0.15) is 0 Å². The standard InChI is InChI=1S/C16H11NO4S/c18-14(8-7-11-4-3-9-22-11)21-10-17-15(19)12-5-1-2-6-13(12)16(17)20/h1-9H,10H2/b8-7+. The van der Waals surface area contributed by atoms with E-state index in [4.69, 9.17) is 4.74 Å². The fraction of sp³-hybridized carbons (Fsp3) is 0.0625. The summed E-state index contributed by atoms with van der Waals surface area (Å²) < 4.78 is 4.96. The van der Waals surface area contributed by atoms with Gasteiger partial charge < -0.3 is 4.74 Å². The highest BCUT2D eigenvalue weighted by Crippen LogP contribution is 2.22. The summed E-state index contributed by atoms with van der Waals surface area (Å²) in [6.07, 6.45) is 2.89. The summed E-state index contributed by atoms with van der Waals surface area (Å²) in [5, 5.41) is 1.89. The van der Waals surface area contributed by atoms with E-state index in [0.717, 1.165) is 9.78 Å². The summed E-state index contributed by atoms with van der Waals surface area (Å²) in [6, 6.07) is 10.3. The van der Waals surface area contributed by atoms with Gasteiger partial charge in [-0.15, -0.1) is 11.3 Å². The molecule has 0 atom stereocenters. The summed E-state index contributed by atoms with van der Waals surface area (Å²) in [5.74, 6) is -1.50. The molecule has 3 rings (SSSR count). The molecule has 0 bridgehead atoms. The molecule has 2 heterocycles. The Morgan fingerprint density at radius 3 is 2.36 bits per heavy atom. The Balaban J connectivity index is 1.62. The first-order valence-electron chi connectivity index (χ1n) is 6.50. The maximum absolute atomic E-state index is 12.1. The molecule has 6 heteroatoms. The highest BCUT2D eigenvalue weighted by Gasteiger charge is 2.35. The molecular weight excluding hydrogens is 302 g/mol. The number of benzene rings is 1. The van der Waals surface area contributed by atoms with Gasteiger partial charge in [0.15, 0.2) is 6.73 Å². The summed E-state index contributed by atoms with van der Waals surface area (Å²) in [7, 11) is 0. The lowest BCUT2D eigenvalue weighted by Crippen LogP contribution is -2.32. The molecule has 0 saturated carbocycles. The van der Waals surface area contributed by atoms with Crippen molar-refractivity contribution in [1.29, 1.82) is 0 Å². The van der Waals surface area contributed by atoms with Crippen LogP contribution in [0.4, 0.5) is 0 Å². The van der Waals surface area contributed by atoms with Crippen LogP contribution in [0.25, 0.3) is 6.08 Å². The second-order valence-electron chi connectivity index (χ2n) is 4.53. The molecule has 0 N–H and O–H groups in total. The maximum atomic E-state index is 12.1. The van der Waals surface area contributed by atoms with Crippen molar-refractivity contribution in [1.82, 2.24) is 4.90 Å². The number of carbonyl (C=O) groups excluding carboxylic acids is 3. The van der Waals surface area contributed by atoms with Crippen molar-refractivity contribution in [2.24, 2.45) is 0 Å². The van der Waals surface area contributed by atoms with Gasteiger partial charge in [-0.1, -0.05) is 18.2 Å². The number of amides is 2. The highest BCUT2D eigenvalue weighted by atomic mass is 32.1. The largest absolute Gasteiger partial charge is 0.441 e. The number of ether oxygens (including phenoxy) is 1. The van der Waals surface area contributed by atoms with Crippen LogP contribution in [-0.2, 0) is 9.53 Å². The molecule has 1 aromatic carbocycles. The van der Waals surface area contributed by atoms with E-state index in [1.54, 1.807) is 30.3 Å². The minimum Gasteiger partial charge on any atom is -0.441 e. The fourth-order valence-corrected chi connectivity index (χ4v) is 2.69. The fourth-order valence-electron chi connectivity index (χ4n) is 2.07. The second kappa shape index (κ2) is 5.95. The molecule has 0 aliphatic carbocycles. The third-order valence-corrected chi connectivity index (χ3v) is 3.98. The van der Waals surface area contributed by atoms with Crippen LogP contribution in [0.15, 0.2) is 47.9 Å². The number of thiophene rings is 1. The van der Waals surface area contributed by atoms with Crippen LogP contribution in [0.2, 0.25) is 0 Å². The molecule has 2 aromatic rings. The Labute approximate surface area is 130 Å². The predicted octanol–water partition coefficient (Wildman–Crippen LogP) is 2.56. The number of fused-ring (bicyclic) bond motifs is 1. The third kappa shape index (κ3) is 2.68. The van der Waals surface area contributed by atoms with Crippen LogP contribution in [0, 0.1) is 0 Å². The molecule has 0 saturated heterocycles. The summed E-state index contributed by atoms with van der Waals surface area (Å²) >= 11 is 1.49. The number of rotatable bonds is 4. The monoisotopic (exact) mass is 313 g/mol. The van der Waals surface area contributed by atoms with Gasteiger partial charge in [0.25, 0.3) is 11.8 Å². The molecule has 110 valence electrons. The summed E-state index contributed by atoms with van der Waals surface area (Å²) in [4.78, 5) is 37.6. The lowest BCUT2D eigenvalue weighted by atomic mass is 10.1. The zero-order valence-electron chi connectivity index (χ0n) is 11.4. The van der Waals surface area contributed by atoms with Crippen molar-refractivity contribution in [2.45, 2.75) is 0 Å². The first-order valence-corrected chi connectivity index (χ1v) is 7.38. The summed E-state index contributed by atoms with van der Waals surface area (Å²) in [5.41, 5.74) is 0.662. The van der Waals surface area contributed by atoms with E-state index >= 15 is 0 Å². The first kappa shape index (κ1) is 14.2. The molecule has 0 unspecified atom stereocenters. The normalized spacial score (nSPS) is 13.7. The first-order chi connectivity index (χ1) is 10.7. The number of hydrogen-bond acceptors (Lipinski definition) is 5. The number of hydrogen-bond donors (Lipinski definition) is 0. The molecule has 22 heavy (non-hydrogen) atoms. The molecule has 1 aliphatic heterocycles. The average Bonchev–Trinajstić information content (AvgIpc) is 3.13. The molecule has 1 aliphatic rings. The molecular formula is C16H11NO4S. The minimum absolute atomic E-state index is 0.331. The Bertz CT molecular complexity index is 729. The quantitative estimate of drug-likeness (QED) is 0.494. The SMILES string of the molecule is O=C(/C=C/c1cccs1)OCN1C(=O)c2ccccc2C1=O. The van der Waals surface area contributed by atoms with Gasteiger partial charge in [0, 0.05) is 11.0 Å². The van der Waals surface area contributed by atoms with E-state index in [0.29, 0.717) is 11.1 Å². The van der Waals surface area contributed by atoms with E-state index < -0.39 is 17.8 Å². The Kier molecular flexibility index (Phi) is 3.84. The van der Waals surface area contributed by atoms with Gasteiger partial charge in [0.05, 0.1) is 11.1 Å². The van der Waals surface area contributed by atoms with Gasteiger partial charge in [-0.2, -0.15) is 0 Å². The van der Waals surface area contributed by atoms with Crippen LogP contribution >= 0.6 is 11.3 Å². The number of imide groups is 1. The number of nitrogens with zero attached hydrogens (tertiary/aromatic N) is 1. The van der Waals surface area contributed by atoms with Crippen molar-refractivity contribution in [2.75, 3.05) is 6.73 Å². The Morgan fingerprint density at radius 2 is 1.77 bits per heavy atom. The highest BCUT2D eigenvalue weighted by molar-refractivity contribution is 7.10. The van der Waals surface area contributed by atoms with E-state index in [-0.39, 0.29) is 6.73 Å². The van der Waals surface area contributed by atoms with Crippen LogP contribution in [0.1, 0.15) is 25.6 Å². The minimum atomic E-state index is -0.607. The van der Waals surface area contributed by atoms with Crippen molar-refractivity contribution in [3.05, 3.63) is 63.9 Å². The lowest BCUT2D eigenvalue weighted by Gasteiger charge is -2.12. The van der Waals surface area contributed by atoms with Crippen molar-refractivity contribution in [3.63, 3.8) is 0 Å². The van der Waals surface area contributed by atoms with Crippen LogP contribution in [0.5, 0.6) is 0 Å². The zero-order chi connectivity index (χ0) is 15.5. The van der Waals surface area contributed by atoms with E-state index in [9.17, 15) is 14.4 Å². The predicted molar refractivity (Wildman–Crippen MR) is 81.3 cm³/mol. The van der Waals surface area contributed by atoms with Crippen molar-refractivity contribution >= 4 is 35.2 Å². The Hall–Kier alpha value is -2.73. The molecule has 0 radical (unpaired) electrons. The van der Waals surface area contributed by atoms with Crippen LogP contribution in [0.3, 0.4) is 0 Å². The zero-order valence-corrected chi connectivity index (χ0v) is 12.2. The molecule has 2 amide bonds. The van der Waals surface area contributed by atoms with Crippen molar-refractivity contribution in [3.8, 4) is 0 Å². The molecule has 5 nitrogen and oxygen atoms in total. The lowest BCUT2D eigenvalue weighted by molar-refractivity contribution is -0.140. The average molecular weight is 313 g/mol. The van der Waals surface area contributed by atoms with Crippen LogP contribution < -0.4 is 0 Å². The van der Waals surface area contributed by atoms with Gasteiger partial charge in [-0.05, 0) is 29.7 Å². The van der Waals surface area contributed by atoms with Gasteiger partial charge in [0.2, 0.25) is 0 Å². The van der Waals surface area contributed by atoms with Gasteiger partial charge in [-0.3, -0.25) is 9.59 Å². The topological polar surface area (TPSA) is 63.7 Å². The Morgan fingerprint density at radius 1 is 1.09 bits per heavy atom. The molecule has 1 aromatic heterocycles. The second-order valence-corrected chi connectivity index (χ2v) is 5.50. The maximum Gasteiger partial charge on any atom is 0.332 e. The van der Waals surface area contributed by atoms with E-state index in [2.05, 4.69) is 0 Å². The van der Waals surface area contributed by atoms with E-state index in [1.165, 1.54) is 17.4 Å². The smallest absolute Gasteiger partial charge is 0.332 e. The van der Waals surface area contributed by atoms with Gasteiger partial charge >= 0.3 is 5.97 Å². The van der Waals surface area contributed by atoms with Crippen molar-refractivity contribution < 1.29 is 19.1 Å². The molecule has 0 spiro atoms. The summed E-state index contributed by atoms with van der Waals surface area (Å²) in [6.45, 7) is -0.389. The third-order valence-electron chi connectivity index (χ3n) is 3.14. The van der Waals surface area contributed by atoms with Crippen LogP contribution in [-0.4, -0.2) is 29.4 Å². The molecule has 0 fully saturated rings. The van der Waals surface area contributed by atoms with Gasteiger partial charge in [-0.25, -0.2) is 9.69 Å². The number of esters is 1. The van der Waals surface area contributed by atoms with E-state index in [1.807, 2.05) is 17.5 Å². The number of carbonyl (C=O) groups is 3.